The zero-order chi connectivity index (χ0) is 20.6. The predicted octanol–water partition coefficient (Wildman–Crippen LogP) is 3.65. The van der Waals surface area contributed by atoms with Gasteiger partial charge in [-0.05, 0) is 67.4 Å². The molecule has 1 heterocycles. The summed E-state index contributed by atoms with van der Waals surface area (Å²) in [5.74, 6) is 1.76. The Morgan fingerprint density at radius 3 is 2.41 bits per heavy atom. The van der Waals surface area contributed by atoms with Crippen molar-refractivity contribution < 1.29 is 14.3 Å². The number of aromatic nitrogens is 2. The Balaban J connectivity index is 1.47. The van der Waals surface area contributed by atoms with Gasteiger partial charge in [0.1, 0.15) is 18.1 Å². The van der Waals surface area contributed by atoms with E-state index in [1.165, 1.54) is 0 Å². The highest BCUT2D eigenvalue weighted by Crippen LogP contribution is 2.20. The highest BCUT2D eigenvalue weighted by molar-refractivity contribution is 5.92. The SMILES string of the molecule is COc1ccc(OCCNC(=O)c2ccc(Nc3cc(C)ccc3C)nn2)cc1. The molecule has 3 aromatic rings. The van der Waals surface area contributed by atoms with Crippen LogP contribution in [-0.4, -0.2) is 36.4 Å². The molecule has 0 aliphatic rings. The van der Waals surface area contributed by atoms with Crippen LogP contribution in [0.25, 0.3) is 0 Å². The molecule has 1 amide bonds. The topological polar surface area (TPSA) is 85.4 Å². The van der Waals surface area contributed by atoms with Gasteiger partial charge in [-0.2, -0.15) is 0 Å². The Labute approximate surface area is 170 Å². The van der Waals surface area contributed by atoms with Gasteiger partial charge in [0.15, 0.2) is 11.5 Å². The Hall–Kier alpha value is -3.61. The normalized spacial score (nSPS) is 10.3. The summed E-state index contributed by atoms with van der Waals surface area (Å²) in [6.07, 6.45) is 0. The van der Waals surface area contributed by atoms with E-state index in [0.717, 1.165) is 22.6 Å². The fraction of sp³-hybridized carbons (Fsp3) is 0.227. The Kier molecular flexibility index (Phi) is 6.63. The molecule has 0 saturated heterocycles. The van der Waals surface area contributed by atoms with Crippen molar-refractivity contribution >= 4 is 17.4 Å². The number of carbonyl (C=O) groups is 1. The number of hydrogen-bond donors (Lipinski definition) is 2. The number of benzene rings is 2. The van der Waals surface area contributed by atoms with Crippen LogP contribution in [0.4, 0.5) is 11.5 Å². The molecule has 0 atom stereocenters. The van der Waals surface area contributed by atoms with Crippen molar-refractivity contribution in [1.29, 1.82) is 0 Å². The van der Waals surface area contributed by atoms with Gasteiger partial charge >= 0.3 is 0 Å². The summed E-state index contributed by atoms with van der Waals surface area (Å²) in [7, 11) is 1.61. The van der Waals surface area contributed by atoms with E-state index in [1.54, 1.807) is 19.2 Å². The third-order valence-corrected chi connectivity index (χ3v) is 4.27. The lowest BCUT2D eigenvalue weighted by Gasteiger charge is -2.10. The molecule has 0 radical (unpaired) electrons. The summed E-state index contributed by atoms with van der Waals surface area (Å²) in [5.41, 5.74) is 3.48. The first-order valence-electron chi connectivity index (χ1n) is 9.28. The summed E-state index contributed by atoms with van der Waals surface area (Å²) >= 11 is 0. The maximum atomic E-state index is 12.2. The molecule has 0 aliphatic carbocycles. The fourth-order valence-corrected chi connectivity index (χ4v) is 2.62. The molecule has 7 nitrogen and oxygen atoms in total. The Bertz CT molecular complexity index is 957. The minimum absolute atomic E-state index is 0.251. The molecule has 0 spiro atoms. The predicted molar refractivity (Wildman–Crippen MR) is 112 cm³/mol. The van der Waals surface area contributed by atoms with E-state index in [-0.39, 0.29) is 11.6 Å². The molecule has 0 aliphatic heterocycles. The minimum Gasteiger partial charge on any atom is -0.497 e. The number of rotatable bonds is 8. The van der Waals surface area contributed by atoms with Crippen LogP contribution in [0, 0.1) is 13.8 Å². The highest BCUT2D eigenvalue weighted by Gasteiger charge is 2.08. The van der Waals surface area contributed by atoms with Gasteiger partial charge in [0.25, 0.3) is 5.91 Å². The monoisotopic (exact) mass is 392 g/mol. The average molecular weight is 392 g/mol. The molecular weight excluding hydrogens is 368 g/mol. The maximum Gasteiger partial charge on any atom is 0.271 e. The Morgan fingerprint density at radius 2 is 1.72 bits per heavy atom. The van der Waals surface area contributed by atoms with Crippen molar-refractivity contribution in [3.63, 3.8) is 0 Å². The summed E-state index contributed by atoms with van der Waals surface area (Å²) in [4.78, 5) is 12.2. The first-order valence-corrected chi connectivity index (χ1v) is 9.28. The smallest absolute Gasteiger partial charge is 0.271 e. The molecule has 0 unspecified atom stereocenters. The van der Waals surface area contributed by atoms with Gasteiger partial charge in [0.2, 0.25) is 0 Å². The number of nitrogens with zero attached hydrogens (tertiary/aromatic N) is 2. The number of anilines is 2. The molecular formula is C22H24N4O3. The van der Waals surface area contributed by atoms with Crippen molar-refractivity contribution in [2.45, 2.75) is 13.8 Å². The van der Waals surface area contributed by atoms with Crippen molar-refractivity contribution in [2.75, 3.05) is 25.6 Å². The van der Waals surface area contributed by atoms with Crippen LogP contribution in [-0.2, 0) is 0 Å². The third kappa shape index (κ3) is 5.68. The molecule has 2 aromatic carbocycles. The molecule has 150 valence electrons. The number of aryl methyl sites for hydroxylation is 2. The number of ether oxygens (including phenoxy) is 2. The van der Waals surface area contributed by atoms with Gasteiger partial charge in [-0.15, -0.1) is 10.2 Å². The summed E-state index contributed by atoms with van der Waals surface area (Å²) in [6, 6.07) is 16.8. The van der Waals surface area contributed by atoms with Crippen molar-refractivity contribution in [3.8, 4) is 11.5 Å². The van der Waals surface area contributed by atoms with E-state index >= 15 is 0 Å². The third-order valence-electron chi connectivity index (χ3n) is 4.27. The van der Waals surface area contributed by atoms with Crippen molar-refractivity contribution in [1.82, 2.24) is 15.5 Å². The molecule has 0 saturated carbocycles. The maximum absolute atomic E-state index is 12.2. The van der Waals surface area contributed by atoms with Crippen LogP contribution in [0.15, 0.2) is 54.6 Å². The van der Waals surface area contributed by atoms with Gasteiger partial charge in [-0.3, -0.25) is 4.79 Å². The molecule has 7 heteroatoms. The van der Waals surface area contributed by atoms with Gasteiger partial charge < -0.3 is 20.1 Å². The van der Waals surface area contributed by atoms with Gasteiger partial charge in [-0.1, -0.05) is 12.1 Å². The number of nitrogens with one attached hydrogen (secondary N) is 2. The second-order valence-corrected chi connectivity index (χ2v) is 6.53. The molecule has 2 N–H and O–H groups in total. The molecule has 1 aromatic heterocycles. The quantitative estimate of drug-likeness (QED) is 0.569. The molecule has 0 bridgehead atoms. The van der Waals surface area contributed by atoms with Crippen LogP contribution in [0.5, 0.6) is 11.5 Å². The van der Waals surface area contributed by atoms with Gasteiger partial charge in [0, 0.05) is 5.69 Å². The second kappa shape index (κ2) is 9.54. The van der Waals surface area contributed by atoms with E-state index in [9.17, 15) is 4.79 Å². The number of carbonyl (C=O) groups excluding carboxylic acids is 1. The summed E-state index contributed by atoms with van der Waals surface area (Å²) in [5, 5.41) is 14.1. The van der Waals surface area contributed by atoms with E-state index < -0.39 is 0 Å². The average Bonchev–Trinajstić information content (AvgIpc) is 2.74. The Morgan fingerprint density at radius 1 is 0.966 bits per heavy atom. The first kappa shape index (κ1) is 20.1. The van der Waals surface area contributed by atoms with E-state index in [4.69, 9.17) is 9.47 Å². The van der Waals surface area contributed by atoms with Crippen LogP contribution >= 0.6 is 0 Å². The summed E-state index contributed by atoms with van der Waals surface area (Å²) < 4.78 is 10.7. The zero-order valence-electron chi connectivity index (χ0n) is 16.7. The lowest BCUT2D eigenvalue weighted by atomic mass is 10.1. The number of amides is 1. The minimum atomic E-state index is -0.297. The lowest BCUT2D eigenvalue weighted by molar-refractivity contribution is 0.0941. The van der Waals surface area contributed by atoms with Crippen molar-refractivity contribution in [2.24, 2.45) is 0 Å². The second-order valence-electron chi connectivity index (χ2n) is 6.53. The number of hydrogen-bond acceptors (Lipinski definition) is 6. The van der Waals surface area contributed by atoms with Crippen LogP contribution < -0.4 is 20.1 Å². The van der Waals surface area contributed by atoms with E-state index in [2.05, 4.69) is 26.9 Å². The molecule has 29 heavy (non-hydrogen) atoms. The van der Waals surface area contributed by atoms with Crippen LogP contribution in [0.3, 0.4) is 0 Å². The van der Waals surface area contributed by atoms with Gasteiger partial charge in [0.05, 0.1) is 13.7 Å². The van der Waals surface area contributed by atoms with Crippen LogP contribution in [0.1, 0.15) is 21.6 Å². The molecule has 3 rings (SSSR count). The zero-order valence-corrected chi connectivity index (χ0v) is 16.7. The van der Waals surface area contributed by atoms with Crippen LogP contribution in [0.2, 0.25) is 0 Å². The van der Waals surface area contributed by atoms with E-state index in [0.29, 0.717) is 24.7 Å². The largest absolute Gasteiger partial charge is 0.497 e. The van der Waals surface area contributed by atoms with Gasteiger partial charge in [-0.25, -0.2) is 0 Å². The first-order chi connectivity index (χ1) is 14.0. The highest BCUT2D eigenvalue weighted by atomic mass is 16.5. The summed E-state index contributed by atoms with van der Waals surface area (Å²) in [6.45, 7) is 4.75. The molecule has 0 fully saturated rings. The number of methoxy groups -OCH3 is 1. The van der Waals surface area contributed by atoms with Crippen molar-refractivity contribution in [3.05, 3.63) is 71.4 Å². The van der Waals surface area contributed by atoms with E-state index in [1.807, 2.05) is 50.2 Å². The lowest BCUT2D eigenvalue weighted by Crippen LogP contribution is -2.29. The standard InChI is InChI=1S/C22H24N4O3/c1-15-4-5-16(2)20(14-15)24-21-11-10-19(25-26-21)22(27)23-12-13-29-18-8-6-17(28-3)7-9-18/h4-11,14H,12-13H2,1-3H3,(H,23,27)(H,24,26). The fourth-order valence-electron chi connectivity index (χ4n) is 2.62.